The Labute approximate surface area is 137 Å². The van der Waals surface area contributed by atoms with Gasteiger partial charge in [0.25, 0.3) is 5.88 Å². The fraction of sp³-hybridized carbons (Fsp3) is 0.214. The fourth-order valence-corrected chi connectivity index (χ4v) is 2.64. The zero-order valence-electron chi connectivity index (χ0n) is 12.2. The molecule has 0 saturated heterocycles. The summed E-state index contributed by atoms with van der Waals surface area (Å²) in [6, 6.07) is 3.03. The van der Waals surface area contributed by atoms with Crippen LogP contribution in [0.3, 0.4) is 0 Å². The third kappa shape index (κ3) is 3.73. The molecule has 0 atom stereocenters. The van der Waals surface area contributed by atoms with Crippen LogP contribution in [-0.2, 0) is 16.3 Å². The van der Waals surface area contributed by atoms with Gasteiger partial charge in [-0.3, -0.25) is 0 Å². The van der Waals surface area contributed by atoms with E-state index in [2.05, 4.69) is 22.1 Å². The van der Waals surface area contributed by atoms with E-state index in [4.69, 9.17) is 4.74 Å². The number of hydrogen-bond donors (Lipinski definition) is 1. The normalized spacial score (nSPS) is 11.3. The van der Waals surface area contributed by atoms with Gasteiger partial charge >= 0.3 is 0 Å². The molecule has 0 saturated carbocycles. The minimum Gasteiger partial charge on any atom is -0.433 e. The second kappa shape index (κ2) is 6.71. The van der Waals surface area contributed by atoms with Crippen molar-refractivity contribution in [3.63, 3.8) is 0 Å². The number of nitrogens with zero attached hydrogens (tertiary/aromatic N) is 1. The maximum atomic E-state index is 14.2. The van der Waals surface area contributed by atoms with Gasteiger partial charge in [-0.15, -0.1) is 0 Å². The van der Waals surface area contributed by atoms with E-state index in [9.17, 15) is 17.2 Å². The number of pyridine rings is 1. The molecule has 1 aromatic heterocycles. The molecule has 0 amide bonds. The lowest BCUT2D eigenvalue weighted by Crippen LogP contribution is -2.01. The molecule has 0 N–H and O–H groups in total. The molecule has 0 aliphatic carbocycles. The van der Waals surface area contributed by atoms with E-state index < -0.39 is 27.4 Å². The van der Waals surface area contributed by atoms with Gasteiger partial charge in [0.1, 0.15) is 0 Å². The van der Waals surface area contributed by atoms with Gasteiger partial charge in [0.15, 0.2) is 27.2 Å². The highest BCUT2D eigenvalue weighted by molar-refractivity contribution is 7.90. The molecule has 124 valence electrons. The van der Waals surface area contributed by atoms with Gasteiger partial charge in [-0.25, -0.2) is 17.8 Å². The average molecular weight is 361 g/mol. The molecule has 0 aliphatic heterocycles. The van der Waals surface area contributed by atoms with Crippen LogP contribution < -0.4 is 8.92 Å². The number of ether oxygens (including phenoxy) is 1. The van der Waals surface area contributed by atoms with Crippen molar-refractivity contribution in [2.24, 2.45) is 0 Å². The fourth-order valence-electron chi connectivity index (χ4n) is 1.81. The Balaban J connectivity index is 2.40. The molecule has 0 unspecified atom stereocenters. The van der Waals surface area contributed by atoms with Crippen molar-refractivity contribution < 1.29 is 26.1 Å². The van der Waals surface area contributed by atoms with Gasteiger partial charge in [0, 0.05) is 30.9 Å². The van der Waals surface area contributed by atoms with E-state index in [1.54, 1.807) is 6.92 Å². The summed E-state index contributed by atoms with van der Waals surface area (Å²) in [5.41, 5.74) is 0.470. The van der Waals surface area contributed by atoms with Gasteiger partial charge in [-0.2, -0.15) is 4.39 Å². The summed E-state index contributed by atoms with van der Waals surface area (Å²) >= 11 is 3.58. The lowest BCUT2D eigenvalue weighted by Gasteiger charge is -2.11. The smallest absolute Gasteiger partial charge is 0.260 e. The standard InChI is InChI=1S/C14H13F2NO4S2/c1-3-8-7-17-14(12(16)13(8)21-22)20-11-5-4-9(6-10(11)15)23(2,18)19/h4-7,22H,3H2,1-2H3. The van der Waals surface area contributed by atoms with Crippen molar-refractivity contribution in [1.29, 1.82) is 0 Å². The molecule has 0 radical (unpaired) electrons. The Morgan fingerprint density at radius 1 is 1.30 bits per heavy atom. The van der Waals surface area contributed by atoms with Crippen molar-refractivity contribution in [2.75, 3.05) is 6.26 Å². The summed E-state index contributed by atoms with van der Waals surface area (Å²) in [6.45, 7) is 1.77. The van der Waals surface area contributed by atoms with Crippen molar-refractivity contribution >= 4 is 22.7 Å². The number of aryl methyl sites for hydroxylation is 1. The monoisotopic (exact) mass is 361 g/mol. The van der Waals surface area contributed by atoms with Crippen LogP contribution in [0.2, 0.25) is 0 Å². The third-order valence-electron chi connectivity index (χ3n) is 3.03. The van der Waals surface area contributed by atoms with Crippen molar-refractivity contribution in [1.82, 2.24) is 4.98 Å². The molecule has 1 aromatic carbocycles. The zero-order valence-corrected chi connectivity index (χ0v) is 13.9. The number of sulfone groups is 1. The van der Waals surface area contributed by atoms with Crippen molar-refractivity contribution in [3.8, 4) is 17.4 Å². The molecule has 0 aliphatic rings. The minimum absolute atomic E-state index is 0.158. The number of hydrogen-bond acceptors (Lipinski definition) is 6. The zero-order chi connectivity index (χ0) is 17.2. The van der Waals surface area contributed by atoms with Crippen LogP contribution in [0.1, 0.15) is 12.5 Å². The van der Waals surface area contributed by atoms with Crippen LogP contribution in [0.15, 0.2) is 29.3 Å². The van der Waals surface area contributed by atoms with E-state index in [1.807, 2.05) is 0 Å². The highest BCUT2D eigenvalue weighted by Crippen LogP contribution is 2.33. The second-order valence-electron chi connectivity index (χ2n) is 4.64. The lowest BCUT2D eigenvalue weighted by molar-refractivity contribution is 0.388. The van der Waals surface area contributed by atoms with Gasteiger partial charge < -0.3 is 8.92 Å². The highest BCUT2D eigenvalue weighted by atomic mass is 32.2. The summed E-state index contributed by atoms with van der Waals surface area (Å²) in [5, 5.41) is 0. The SMILES string of the molecule is CCc1cnc(Oc2ccc(S(C)(=O)=O)cc2F)c(F)c1OS. The minimum atomic E-state index is -3.56. The van der Waals surface area contributed by atoms with Gasteiger partial charge in [0.2, 0.25) is 5.82 Å². The van der Waals surface area contributed by atoms with Crippen molar-refractivity contribution in [3.05, 3.63) is 41.6 Å². The summed E-state index contributed by atoms with van der Waals surface area (Å²) < 4.78 is 60.6. The average Bonchev–Trinajstić information content (AvgIpc) is 2.49. The quantitative estimate of drug-likeness (QED) is 0.654. The molecule has 0 spiro atoms. The first kappa shape index (κ1) is 17.5. The van der Waals surface area contributed by atoms with Crippen molar-refractivity contribution in [2.45, 2.75) is 18.2 Å². The van der Waals surface area contributed by atoms with Gasteiger partial charge in [0.05, 0.1) is 4.90 Å². The molecule has 5 nitrogen and oxygen atoms in total. The van der Waals surface area contributed by atoms with Crippen LogP contribution in [0, 0.1) is 11.6 Å². The van der Waals surface area contributed by atoms with E-state index in [1.165, 1.54) is 6.20 Å². The van der Waals surface area contributed by atoms with Gasteiger partial charge in [-0.05, 0) is 24.6 Å². The maximum Gasteiger partial charge on any atom is 0.260 e. The highest BCUT2D eigenvalue weighted by Gasteiger charge is 2.19. The maximum absolute atomic E-state index is 14.2. The van der Waals surface area contributed by atoms with E-state index in [0.29, 0.717) is 12.0 Å². The summed E-state index contributed by atoms with van der Waals surface area (Å²) in [7, 11) is -3.56. The Kier molecular flexibility index (Phi) is 5.10. The number of halogens is 2. The second-order valence-corrected chi connectivity index (χ2v) is 6.84. The molecule has 2 rings (SSSR count). The van der Waals surface area contributed by atoms with Crippen LogP contribution in [0.5, 0.6) is 17.4 Å². The molecule has 2 aromatic rings. The van der Waals surface area contributed by atoms with Crippen LogP contribution >= 0.6 is 12.9 Å². The van der Waals surface area contributed by atoms with Gasteiger partial charge in [-0.1, -0.05) is 6.92 Å². The van der Waals surface area contributed by atoms with E-state index >= 15 is 0 Å². The lowest BCUT2D eigenvalue weighted by atomic mass is 10.2. The third-order valence-corrected chi connectivity index (χ3v) is 4.32. The van der Waals surface area contributed by atoms with Crippen LogP contribution in [-0.4, -0.2) is 19.7 Å². The predicted molar refractivity (Wildman–Crippen MR) is 82.8 cm³/mol. The Bertz CT molecular complexity index is 841. The number of benzene rings is 1. The predicted octanol–water partition coefficient (Wildman–Crippen LogP) is 3.34. The van der Waals surface area contributed by atoms with Crippen LogP contribution in [0.4, 0.5) is 8.78 Å². The van der Waals surface area contributed by atoms with Crippen LogP contribution in [0.25, 0.3) is 0 Å². The Morgan fingerprint density at radius 3 is 2.52 bits per heavy atom. The summed E-state index contributed by atoms with van der Waals surface area (Å²) in [4.78, 5) is 3.56. The van der Waals surface area contributed by atoms with E-state index in [0.717, 1.165) is 24.5 Å². The number of aromatic nitrogens is 1. The Hall–Kier alpha value is -1.87. The first-order chi connectivity index (χ1) is 10.8. The van der Waals surface area contributed by atoms with E-state index in [-0.39, 0.29) is 16.4 Å². The number of thiol groups is 1. The number of rotatable bonds is 5. The molecular formula is C14H13F2NO4S2. The molecule has 23 heavy (non-hydrogen) atoms. The largest absolute Gasteiger partial charge is 0.433 e. The molecule has 0 bridgehead atoms. The summed E-state index contributed by atoms with van der Waals surface area (Å²) in [5.74, 6) is -2.91. The molecule has 1 heterocycles. The first-order valence-corrected chi connectivity index (χ1v) is 8.69. The molecule has 0 fully saturated rings. The molecular weight excluding hydrogens is 348 g/mol. The topological polar surface area (TPSA) is 65.5 Å². The first-order valence-electron chi connectivity index (χ1n) is 6.44. The molecule has 9 heteroatoms. The summed E-state index contributed by atoms with van der Waals surface area (Å²) in [6.07, 6.45) is 2.73. The Morgan fingerprint density at radius 2 is 2.00 bits per heavy atom.